The Bertz CT molecular complexity index is 5520. The van der Waals surface area contributed by atoms with Crippen molar-refractivity contribution in [3.63, 3.8) is 0 Å². The number of nitrogens with two attached hydrogens (primary N) is 3. The van der Waals surface area contributed by atoms with Crippen LogP contribution >= 0.6 is 24.0 Å². The molecule has 0 aliphatic carbocycles. The number of aromatic nitrogens is 2. The zero-order chi connectivity index (χ0) is 107. The molecule has 7 aromatic carbocycles. The van der Waals surface area contributed by atoms with Crippen molar-refractivity contribution in [2.75, 3.05) is 45.1 Å². The van der Waals surface area contributed by atoms with Crippen LogP contribution in [0.1, 0.15) is 243 Å². The molecule has 3 aliphatic heterocycles. The first-order valence-corrected chi connectivity index (χ1v) is 47.9. The number of aryl methyl sites for hydroxylation is 2. The number of hydrogen-bond donors (Lipinski definition) is 9. The minimum atomic E-state index is -0.832. The van der Waals surface area contributed by atoms with Gasteiger partial charge < -0.3 is 56.3 Å². The van der Waals surface area contributed by atoms with E-state index in [-0.39, 0.29) is 47.9 Å². The Hall–Kier alpha value is -14.1. The fraction of sp³-hybridized carbons (Fsp3) is 0.418. The second-order valence-electron chi connectivity index (χ2n) is 39.9. The van der Waals surface area contributed by atoms with Gasteiger partial charge in [0, 0.05) is 49.2 Å². The van der Waals surface area contributed by atoms with Crippen molar-refractivity contribution in [1.29, 1.82) is 0 Å². The lowest BCUT2D eigenvalue weighted by molar-refractivity contribution is 0.0331. The summed E-state index contributed by atoms with van der Waals surface area (Å²) in [6, 6.07) is 72.6. The Morgan fingerprint density at radius 3 is 1.15 bits per heavy atom. The van der Waals surface area contributed by atoms with Crippen LogP contribution in [0.5, 0.6) is 0 Å². The van der Waals surface area contributed by atoms with Crippen molar-refractivity contribution in [1.82, 2.24) is 46.6 Å². The van der Waals surface area contributed by atoms with Gasteiger partial charge in [-0.1, -0.05) is 242 Å². The number of carbonyl (C=O) groups excluding carboxylic acids is 6. The monoisotopic (exact) mass is 2020 g/mol. The standard InChI is InChI=1S/2C21H31N3O4.C16H26N4O4.2C11H15N3.C10H11Cl.C10H11N3.C10H13N.ClH/c1-19(2,3)27-17(25)22-16-23-21(7,15-11-9-8-10-12-15)13-14-24(16)18(26)28-20(4,5)6;1-15(16-11-9-8-10-12-16)13-14-22-17(23-18(25)27-20(2,3)4)24-19(26)28-21(5,6)7;1-10-9-11(2)20(19-10)12(17-13(21)23-15(3,4)5)18-14(22)24-16(6,7)8;2*1-11(7-8-13-10(12)14-11)9-5-3-2-4-6-9;1-9(7-8-11)10-5-3-2-4-6-10;1-9(7-8-12-13-11)10-5-3-2-4-6-10;1-9(7-8-11)10-5-3-2-4-6-10;/h8-12H,13-14H2,1-7H3,(H,22,23,25);8-13H,14H2,1-7H3,(H2,22,23,24,25,26);9H,1-8H3,(H,17,18,21,22);2*2-6H,7-8H2,1H3,(H3,12,13,14);2-7H,8H2,1H3;2-7H,8H2,1H3;2-7H,8,11H2,1H3;1H. The number of hydrogen-bond acceptors (Lipinski definition) is 23. The highest BCUT2D eigenvalue weighted by Crippen LogP contribution is 2.34. The van der Waals surface area contributed by atoms with E-state index in [0.29, 0.717) is 49.5 Å². The maximum Gasteiger partial charge on any atom is 0.437 e. The van der Waals surface area contributed by atoms with Crippen LogP contribution in [-0.2, 0) is 45.0 Å². The molecule has 0 fully saturated rings. The van der Waals surface area contributed by atoms with E-state index in [2.05, 4.69) is 143 Å². The van der Waals surface area contributed by atoms with E-state index >= 15 is 0 Å². The third-order valence-electron chi connectivity index (χ3n) is 20.0. The summed E-state index contributed by atoms with van der Waals surface area (Å²) in [7, 11) is 0. The van der Waals surface area contributed by atoms with Crippen molar-refractivity contribution in [3.05, 3.63) is 303 Å². The molecule has 34 heteroatoms. The molecule has 3 unspecified atom stereocenters. The SMILES string of the molecule is CC(=CCCl)c1ccccc1.CC(=CCN)c1ccccc1.CC(=CCN=C(NC(=O)OC(C)(C)C)NC(=O)OC(C)(C)C)c1ccccc1.CC(=CCN=[N+]=[N-])c1ccccc1.CC(C)(C)OC(=O)NC1=NC(C)(c2ccccc2)CCN1C(=O)OC(C)(C)C.CC1(c2ccccc2)CCN=C(N)N1.CC1(c2ccccc2)CCN=C(N)N1.Cc1cc(C)n(C(=NC(=O)OC(C)(C)C)NC(=O)OC(C)(C)C)n1.Cl. The van der Waals surface area contributed by atoms with Gasteiger partial charge in [-0.2, -0.15) is 5.10 Å². The molecule has 3 aliphatic rings. The largest absolute Gasteiger partial charge is 0.444 e. The first-order chi connectivity index (χ1) is 66.9. The molecular formula is C110H154Cl2N20O12. The average molecular weight is 2020 g/mol. The third kappa shape index (κ3) is 50.5. The molecule has 3 atom stereocenters. The number of aliphatic imine (C=N–C) groups is 5. The Balaban J connectivity index is 0.000000433. The molecule has 0 saturated carbocycles. The Kier molecular flexibility index (Phi) is 51.5. The van der Waals surface area contributed by atoms with E-state index in [4.69, 9.17) is 67.7 Å². The van der Waals surface area contributed by atoms with Crippen molar-refractivity contribution in [3.8, 4) is 0 Å². The molecule has 12 N–H and O–H groups in total. The van der Waals surface area contributed by atoms with E-state index in [1.165, 1.54) is 43.0 Å². The number of amides is 6. The van der Waals surface area contributed by atoms with E-state index in [0.717, 1.165) is 59.5 Å². The quantitative estimate of drug-likeness (QED) is 0.00984. The summed E-state index contributed by atoms with van der Waals surface area (Å²) in [5, 5.41) is 24.1. The molecule has 11 rings (SSSR count). The molecule has 6 amide bonds. The van der Waals surface area contributed by atoms with Gasteiger partial charge >= 0.3 is 36.6 Å². The van der Waals surface area contributed by atoms with E-state index in [9.17, 15) is 28.8 Å². The van der Waals surface area contributed by atoms with Crippen LogP contribution in [0.3, 0.4) is 0 Å². The molecule has 1 aromatic heterocycles. The molecule has 0 spiro atoms. The number of nitrogens with zero attached hydrogens (tertiary/aromatic N) is 11. The summed E-state index contributed by atoms with van der Waals surface area (Å²) in [6.07, 6.45) is 6.17. The number of guanidine groups is 4. The first kappa shape index (κ1) is 124. The molecule has 32 nitrogen and oxygen atoms in total. The number of rotatable bonds is 13. The number of alkyl halides is 1. The predicted octanol–water partition coefficient (Wildman–Crippen LogP) is 23.7. The van der Waals surface area contributed by atoms with Gasteiger partial charge in [0.25, 0.3) is 0 Å². The van der Waals surface area contributed by atoms with Crippen molar-refractivity contribution in [2.45, 2.75) is 256 Å². The first-order valence-electron chi connectivity index (χ1n) is 47.3. The van der Waals surface area contributed by atoms with Crippen LogP contribution in [0.25, 0.3) is 32.7 Å². The highest BCUT2D eigenvalue weighted by Gasteiger charge is 2.39. The van der Waals surface area contributed by atoms with Crippen molar-refractivity contribution in [2.24, 2.45) is 47.3 Å². The average Bonchev–Trinajstić information content (AvgIpc) is 0.847. The van der Waals surface area contributed by atoms with Gasteiger partial charge in [0.1, 0.15) is 33.6 Å². The van der Waals surface area contributed by atoms with Gasteiger partial charge in [0.2, 0.25) is 17.9 Å². The zero-order valence-electron chi connectivity index (χ0n) is 89.0. The molecule has 8 aromatic rings. The summed E-state index contributed by atoms with van der Waals surface area (Å²) in [5.41, 5.74) is 34.4. The Labute approximate surface area is 863 Å². The van der Waals surface area contributed by atoms with E-state index in [1.807, 2.05) is 209 Å². The van der Waals surface area contributed by atoms with Gasteiger partial charge in [0.05, 0.1) is 28.9 Å². The maximum atomic E-state index is 12.7. The van der Waals surface area contributed by atoms with Crippen LogP contribution < -0.4 is 49.1 Å². The van der Waals surface area contributed by atoms with Gasteiger partial charge in [-0.05, 0) is 279 Å². The van der Waals surface area contributed by atoms with Crippen molar-refractivity contribution >= 4 is 113 Å². The summed E-state index contributed by atoms with van der Waals surface area (Å²) in [6.45, 7) is 52.8. The van der Waals surface area contributed by atoms with Gasteiger partial charge in [0.15, 0.2) is 11.9 Å². The summed E-state index contributed by atoms with van der Waals surface area (Å²) in [5.74, 6) is 1.68. The lowest BCUT2D eigenvalue weighted by Crippen LogP contribution is -2.54. The fourth-order valence-electron chi connectivity index (χ4n) is 13.1. The zero-order valence-corrected chi connectivity index (χ0v) is 90.6. The number of carbonyl (C=O) groups is 6. The van der Waals surface area contributed by atoms with E-state index in [1.54, 1.807) is 145 Å². The van der Waals surface area contributed by atoms with Gasteiger partial charge in [-0.15, -0.1) is 29.0 Å². The molecule has 144 heavy (non-hydrogen) atoms. The molecule has 0 radical (unpaired) electrons. The number of allylic oxidation sites excluding steroid dienone is 5. The minimum absolute atomic E-state index is 0. The smallest absolute Gasteiger partial charge is 0.437 e. The molecule has 780 valence electrons. The second-order valence-corrected chi connectivity index (χ2v) is 40.2. The van der Waals surface area contributed by atoms with Crippen LogP contribution in [0.4, 0.5) is 28.8 Å². The number of azide groups is 1. The van der Waals surface area contributed by atoms with Gasteiger partial charge in [-0.3, -0.25) is 31.3 Å². The number of nitrogens with one attached hydrogen (secondary N) is 6. The second kappa shape index (κ2) is 59.7. The Morgan fingerprint density at radius 1 is 0.472 bits per heavy atom. The summed E-state index contributed by atoms with van der Waals surface area (Å²) in [4.78, 5) is 98.2. The van der Waals surface area contributed by atoms with Crippen LogP contribution in [0.2, 0.25) is 0 Å². The molecule has 4 heterocycles. The highest BCUT2D eigenvalue weighted by molar-refractivity contribution is 6.19. The number of alkyl carbamates (subject to hydrolysis) is 4. The third-order valence-corrected chi connectivity index (χ3v) is 20.2. The summed E-state index contributed by atoms with van der Waals surface area (Å²) < 4.78 is 32.9. The number of halogens is 2. The van der Waals surface area contributed by atoms with Crippen LogP contribution in [-0.4, -0.2) is 160 Å². The lowest BCUT2D eigenvalue weighted by Gasteiger charge is -2.37. The van der Waals surface area contributed by atoms with E-state index < -0.39 is 75.7 Å². The lowest BCUT2D eigenvalue weighted by atomic mass is 9.88. The number of benzene rings is 7. The summed E-state index contributed by atoms with van der Waals surface area (Å²) >= 11 is 5.57. The predicted molar refractivity (Wildman–Crippen MR) is 587 cm³/mol. The highest BCUT2D eigenvalue weighted by atomic mass is 35.5. The van der Waals surface area contributed by atoms with Crippen molar-refractivity contribution < 1.29 is 57.2 Å². The normalized spacial score (nSPS) is 16.3. The molecule has 0 saturated heterocycles. The minimum Gasteiger partial charge on any atom is -0.444 e. The molecular weight excluding hydrogens is 1860 g/mol. The fourth-order valence-corrected chi connectivity index (χ4v) is 13.3. The number of ether oxygens (including phenoxy) is 6. The van der Waals surface area contributed by atoms with Gasteiger partial charge in [-0.25, -0.2) is 48.3 Å². The molecule has 0 bridgehead atoms. The van der Waals surface area contributed by atoms with Crippen LogP contribution in [0.15, 0.2) is 273 Å². The maximum absolute atomic E-state index is 12.7. The Morgan fingerprint density at radius 2 is 0.812 bits per heavy atom. The topological polar surface area (TPSA) is 440 Å². The van der Waals surface area contributed by atoms with Crippen LogP contribution in [0, 0.1) is 13.8 Å².